The van der Waals surface area contributed by atoms with Crippen molar-refractivity contribution in [3.8, 4) is 0 Å². The van der Waals surface area contributed by atoms with E-state index in [2.05, 4.69) is 31.0 Å². The maximum absolute atomic E-state index is 13.2. The first-order valence-electron chi connectivity index (χ1n) is 7.25. The van der Waals surface area contributed by atoms with Crippen LogP contribution in [-0.4, -0.2) is 30.1 Å². The molecule has 2 rings (SSSR count). The van der Waals surface area contributed by atoms with Crippen molar-refractivity contribution in [1.29, 1.82) is 0 Å². The fourth-order valence-electron chi connectivity index (χ4n) is 2.57. The maximum atomic E-state index is 13.2. The Hall–Kier alpha value is -1.00. The number of benzene rings is 1. The zero-order valence-corrected chi connectivity index (χ0v) is 12.5. The van der Waals surface area contributed by atoms with Gasteiger partial charge >= 0.3 is 0 Å². The molecule has 1 aliphatic rings. The van der Waals surface area contributed by atoms with Crippen molar-refractivity contribution < 1.29 is 8.78 Å². The van der Waals surface area contributed by atoms with Crippen molar-refractivity contribution in [2.75, 3.05) is 19.6 Å². The highest BCUT2D eigenvalue weighted by atomic mass is 19.2. The number of likely N-dealkylation sites (tertiary alicyclic amines) is 1. The molecule has 0 bridgehead atoms. The molecule has 0 aromatic heterocycles. The van der Waals surface area contributed by atoms with E-state index in [4.69, 9.17) is 0 Å². The first kappa shape index (κ1) is 15.4. The van der Waals surface area contributed by atoms with Crippen molar-refractivity contribution in [1.82, 2.24) is 10.2 Å². The third kappa shape index (κ3) is 4.53. The minimum absolute atomic E-state index is 0.146. The molecule has 1 saturated heterocycles. The SMILES string of the molecule is CC(C)(C)NCC1CCN(Cc2ccc(F)c(F)c2)C1. The van der Waals surface area contributed by atoms with Gasteiger partial charge in [0, 0.05) is 18.6 Å². The average Bonchev–Trinajstić information content (AvgIpc) is 2.78. The molecule has 1 atom stereocenters. The van der Waals surface area contributed by atoms with Gasteiger partial charge in [0.15, 0.2) is 11.6 Å². The lowest BCUT2D eigenvalue weighted by Crippen LogP contribution is -2.39. The molecule has 1 heterocycles. The van der Waals surface area contributed by atoms with Crippen LogP contribution in [0, 0.1) is 17.6 Å². The van der Waals surface area contributed by atoms with Crippen LogP contribution in [0.2, 0.25) is 0 Å². The second kappa shape index (κ2) is 6.19. The molecule has 2 nitrogen and oxygen atoms in total. The lowest BCUT2D eigenvalue weighted by molar-refractivity contribution is 0.304. The van der Waals surface area contributed by atoms with Crippen LogP contribution in [0.25, 0.3) is 0 Å². The van der Waals surface area contributed by atoms with E-state index >= 15 is 0 Å². The summed E-state index contributed by atoms with van der Waals surface area (Å²) in [6.07, 6.45) is 1.16. The van der Waals surface area contributed by atoms with Crippen molar-refractivity contribution in [3.05, 3.63) is 35.4 Å². The molecule has 20 heavy (non-hydrogen) atoms. The Morgan fingerprint density at radius 2 is 2.00 bits per heavy atom. The summed E-state index contributed by atoms with van der Waals surface area (Å²) < 4.78 is 26.1. The topological polar surface area (TPSA) is 15.3 Å². The zero-order chi connectivity index (χ0) is 14.8. The highest BCUT2D eigenvalue weighted by molar-refractivity contribution is 5.17. The Kier molecular flexibility index (Phi) is 4.76. The molecule has 0 spiro atoms. The maximum Gasteiger partial charge on any atom is 0.159 e. The summed E-state index contributed by atoms with van der Waals surface area (Å²) >= 11 is 0. The van der Waals surface area contributed by atoms with E-state index < -0.39 is 11.6 Å². The van der Waals surface area contributed by atoms with Gasteiger partial charge in [-0.05, 0) is 63.9 Å². The fraction of sp³-hybridized carbons (Fsp3) is 0.625. The number of rotatable bonds is 4. The molecule has 1 aliphatic heterocycles. The number of halogens is 2. The Bertz CT molecular complexity index is 454. The van der Waals surface area contributed by atoms with Crippen LogP contribution in [0.4, 0.5) is 8.78 Å². The summed E-state index contributed by atoms with van der Waals surface area (Å²) in [5.74, 6) is -0.894. The van der Waals surface area contributed by atoms with Gasteiger partial charge in [-0.25, -0.2) is 8.78 Å². The van der Waals surface area contributed by atoms with Crippen molar-refractivity contribution in [2.24, 2.45) is 5.92 Å². The summed E-state index contributed by atoms with van der Waals surface area (Å²) in [5, 5.41) is 3.53. The monoisotopic (exact) mass is 282 g/mol. The van der Waals surface area contributed by atoms with E-state index in [1.807, 2.05) is 0 Å². The predicted molar refractivity (Wildman–Crippen MR) is 77.5 cm³/mol. The van der Waals surface area contributed by atoms with Crippen LogP contribution < -0.4 is 5.32 Å². The second-order valence-corrected chi connectivity index (χ2v) is 6.77. The first-order valence-corrected chi connectivity index (χ1v) is 7.25. The van der Waals surface area contributed by atoms with E-state index in [1.165, 1.54) is 12.1 Å². The van der Waals surface area contributed by atoms with Crippen LogP contribution in [0.1, 0.15) is 32.8 Å². The van der Waals surface area contributed by atoms with Gasteiger partial charge in [0.05, 0.1) is 0 Å². The van der Waals surface area contributed by atoms with Gasteiger partial charge in [-0.1, -0.05) is 6.07 Å². The van der Waals surface area contributed by atoms with Gasteiger partial charge in [0.25, 0.3) is 0 Å². The normalized spacial score (nSPS) is 20.6. The van der Waals surface area contributed by atoms with Gasteiger partial charge in [0.1, 0.15) is 0 Å². The van der Waals surface area contributed by atoms with Crippen LogP contribution in [0.5, 0.6) is 0 Å². The fourth-order valence-corrected chi connectivity index (χ4v) is 2.57. The lowest BCUT2D eigenvalue weighted by atomic mass is 10.1. The number of hydrogen-bond donors (Lipinski definition) is 1. The zero-order valence-electron chi connectivity index (χ0n) is 12.5. The average molecular weight is 282 g/mol. The number of nitrogens with zero attached hydrogens (tertiary/aromatic N) is 1. The third-order valence-electron chi connectivity index (χ3n) is 3.68. The van der Waals surface area contributed by atoms with Crippen LogP contribution in [-0.2, 0) is 6.54 Å². The van der Waals surface area contributed by atoms with E-state index in [0.29, 0.717) is 12.5 Å². The summed E-state index contributed by atoms with van der Waals surface area (Å²) in [6.45, 7) is 10.3. The highest BCUT2D eigenvalue weighted by Crippen LogP contribution is 2.19. The number of hydrogen-bond acceptors (Lipinski definition) is 2. The summed E-state index contributed by atoms with van der Waals surface area (Å²) in [6, 6.07) is 4.18. The van der Waals surface area contributed by atoms with Gasteiger partial charge in [-0.2, -0.15) is 0 Å². The Morgan fingerprint density at radius 3 is 2.65 bits per heavy atom. The molecule has 1 aromatic rings. The van der Waals surface area contributed by atoms with Crippen LogP contribution >= 0.6 is 0 Å². The quantitative estimate of drug-likeness (QED) is 0.912. The van der Waals surface area contributed by atoms with Gasteiger partial charge in [-0.3, -0.25) is 4.90 Å². The van der Waals surface area contributed by atoms with Crippen molar-refractivity contribution >= 4 is 0 Å². The highest BCUT2D eigenvalue weighted by Gasteiger charge is 2.23. The van der Waals surface area contributed by atoms with Crippen LogP contribution in [0.3, 0.4) is 0 Å². The molecule has 112 valence electrons. The Balaban J connectivity index is 1.82. The molecule has 1 N–H and O–H groups in total. The Labute approximate surface area is 120 Å². The van der Waals surface area contributed by atoms with E-state index in [-0.39, 0.29) is 5.54 Å². The largest absolute Gasteiger partial charge is 0.312 e. The molecular weight excluding hydrogens is 258 g/mol. The molecule has 0 radical (unpaired) electrons. The molecule has 1 unspecified atom stereocenters. The Morgan fingerprint density at radius 1 is 1.25 bits per heavy atom. The van der Waals surface area contributed by atoms with E-state index in [9.17, 15) is 8.78 Å². The molecular formula is C16H24F2N2. The molecule has 4 heteroatoms. The lowest BCUT2D eigenvalue weighted by Gasteiger charge is -2.23. The predicted octanol–water partition coefficient (Wildman–Crippen LogP) is 3.17. The first-order chi connectivity index (χ1) is 9.33. The minimum atomic E-state index is -0.776. The van der Waals surface area contributed by atoms with E-state index in [1.54, 1.807) is 6.07 Å². The molecule has 1 aromatic carbocycles. The summed E-state index contributed by atoms with van der Waals surface area (Å²) in [7, 11) is 0. The second-order valence-electron chi connectivity index (χ2n) is 6.77. The molecule has 0 amide bonds. The molecule has 0 saturated carbocycles. The van der Waals surface area contributed by atoms with Crippen LogP contribution in [0.15, 0.2) is 18.2 Å². The summed E-state index contributed by atoms with van der Waals surface area (Å²) in [5.41, 5.74) is 0.987. The summed E-state index contributed by atoms with van der Waals surface area (Å²) in [4.78, 5) is 2.31. The van der Waals surface area contributed by atoms with Gasteiger partial charge < -0.3 is 5.32 Å². The third-order valence-corrected chi connectivity index (χ3v) is 3.68. The van der Waals surface area contributed by atoms with Gasteiger partial charge in [-0.15, -0.1) is 0 Å². The standard InChI is InChI=1S/C16H24F2N2/c1-16(2,3)19-9-13-6-7-20(11-13)10-12-4-5-14(17)15(18)8-12/h4-5,8,13,19H,6-7,9-11H2,1-3H3. The molecule has 1 fully saturated rings. The molecule has 0 aliphatic carbocycles. The minimum Gasteiger partial charge on any atom is -0.312 e. The smallest absolute Gasteiger partial charge is 0.159 e. The van der Waals surface area contributed by atoms with E-state index in [0.717, 1.165) is 31.6 Å². The van der Waals surface area contributed by atoms with Gasteiger partial charge in [0.2, 0.25) is 0 Å². The van der Waals surface area contributed by atoms with Crippen molar-refractivity contribution in [3.63, 3.8) is 0 Å². The van der Waals surface area contributed by atoms with Crippen molar-refractivity contribution in [2.45, 2.75) is 39.3 Å². The number of nitrogens with one attached hydrogen (secondary N) is 1.